The molecule has 2 N–H and O–H groups in total. The molecule has 10 nitrogen and oxygen atoms in total. The molecule has 0 aliphatic rings. The van der Waals surface area contributed by atoms with Crippen LogP contribution in [0, 0.1) is 5.92 Å². The van der Waals surface area contributed by atoms with Gasteiger partial charge < -0.3 is 5.32 Å². The van der Waals surface area contributed by atoms with E-state index in [4.69, 9.17) is 0 Å². The molecule has 0 saturated carbocycles. The zero-order valence-corrected chi connectivity index (χ0v) is 19.6. The van der Waals surface area contributed by atoms with Crippen molar-refractivity contribution in [3.63, 3.8) is 0 Å². The number of nitrogens with zero attached hydrogens (tertiary/aromatic N) is 5. The maximum absolute atomic E-state index is 13.2. The van der Waals surface area contributed by atoms with Crippen molar-refractivity contribution >= 4 is 16.9 Å². The molecule has 10 heteroatoms. The highest BCUT2D eigenvalue weighted by atomic mass is 16.2. The molecule has 0 saturated heterocycles. The number of imidazole rings is 1. The van der Waals surface area contributed by atoms with Crippen LogP contribution in [0.1, 0.15) is 55.2 Å². The molecule has 0 fully saturated rings. The number of carbonyl (C=O) groups is 1. The van der Waals surface area contributed by atoms with E-state index in [1.165, 1.54) is 4.57 Å². The van der Waals surface area contributed by atoms with Gasteiger partial charge in [0.15, 0.2) is 5.65 Å². The molecule has 0 atom stereocenters. The number of rotatable bonds is 7. The number of aromatic nitrogens is 6. The molecule has 0 aromatic carbocycles. The summed E-state index contributed by atoms with van der Waals surface area (Å²) in [5.41, 5.74) is 0.687. The quantitative estimate of drug-likeness (QED) is 0.435. The summed E-state index contributed by atoms with van der Waals surface area (Å²) in [5, 5.41) is 2.97. The normalized spacial score (nSPS) is 11.5. The van der Waals surface area contributed by atoms with Gasteiger partial charge in [-0.3, -0.25) is 23.7 Å². The summed E-state index contributed by atoms with van der Waals surface area (Å²) in [5.74, 6) is 0.432. The predicted molar refractivity (Wildman–Crippen MR) is 128 cm³/mol. The summed E-state index contributed by atoms with van der Waals surface area (Å²) < 4.78 is 3.21. The van der Waals surface area contributed by atoms with Crippen LogP contribution in [-0.4, -0.2) is 35.0 Å². The Morgan fingerprint density at radius 1 is 1.18 bits per heavy atom. The first-order valence-electron chi connectivity index (χ1n) is 11.1. The van der Waals surface area contributed by atoms with E-state index in [1.807, 2.05) is 39.8 Å². The Balaban J connectivity index is 1.69. The number of carbonyl (C=O) groups excluding carboxylic acids is 1. The van der Waals surface area contributed by atoms with Gasteiger partial charge in [-0.25, -0.2) is 19.7 Å². The third kappa shape index (κ3) is 4.66. The van der Waals surface area contributed by atoms with Crippen LogP contribution in [-0.2, 0) is 13.1 Å². The van der Waals surface area contributed by atoms with E-state index in [0.717, 1.165) is 5.56 Å². The largest absolute Gasteiger partial charge is 0.348 e. The zero-order chi connectivity index (χ0) is 24.4. The Morgan fingerprint density at radius 3 is 2.59 bits per heavy atom. The monoisotopic (exact) mass is 461 g/mol. The second-order valence-corrected chi connectivity index (χ2v) is 8.89. The average molecular weight is 462 g/mol. The third-order valence-corrected chi connectivity index (χ3v) is 5.38. The van der Waals surface area contributed by atoms with Crippen molar-refractivity contribution < 1.29 is 4.79 Å². The fourth-order valence-electron chi connectivity index (χ4n) is 3.65. The van der Waals surface area contributed by atoms with Crippen molar-refractivity contribution in [2.24, 2.45) is 5.92 Å². The lowest BCUT2D eigenvalue weighted by Gasteiger charge is -2.16. The van der Waals surface area contributed by atoms with Gasteiger partial charge in [0.25, 0.3) is 11.5 Å². The Kier molecular flexibility index (Phi) is 6.40. The number of pyridine rings is 2. The molecule has 0 radical (unpaired) electrons. The standard InChI is InChI=1S/C24H27N7O3/c1-14(2)12-31-21-20(23(33)29-24(31)34)17(9-18(28-21)15(3)4)22(32)27-11-16-5-6-19(26-10-16)30-8-7-25-13-30/h5-10,13-15H,11-12H2,1-4H3,(H,27,32)(H,29,33,34). The lowest BCUT2D eigenvalue weighted by atomic mass is 10.0. The first-order valence-corrected chi connectivity index (χ1v) is 11.1. The van der Waals surface area contributed by atoms with Crippen LogP contribution < -0.4 is 16.6 Å². The summed E-state index contributed by atoms with van der Waals surface area (Å²) in [4.78, 5) is 53.8. The SMILES string of the molecule is CC(C)Cn1c(=O)[nH]c(=O)c2c(C(=O)NCc3ccc(-n4ccnc4)nc3)cc(C(C)C)nc21. The van der Waals surface area contributed by atoms with Crippen molar-refractivity contribution in [1.29, 1.82) is 0 Å². The molecule has 176 valence electrons. The Hall–Kier alpha value is -4.08. The molecule has 4 heterocycles. The summed E-state index contributed by atoms with van der Waals surface area (Å²) in [6.45, 7) is 8.42. The molecular weight excluding hydrogens is 434 g/mol. The lowest BCUT2D eigenvalue weighted by molar-refractivity contribution is 0.0952. The molecular formula is C24H27N7O3. The van der Waals surface area contributed by atoms with Crippen molar-refractivity contribution in [2.75, 3.05) is 0 Å². The van der Waals surface area contributed by atoms with Gasteiger partial charge in [0, 0.05) is 37.4 Å². The maximum atomic E-state index is 13.2. The number of fused-ring (bicyclic) bond motifs is 1. The first kappa shape index (κ1) is 23.1. The summed E-state index contributed by atoms with van der Waals surface area (Å²) in [7, 11) is 0. The predicted octanol–water partition coefficient (Wildman–Crippen LogP) is 2.37. The van der Waals surface area contributed by atoms with Crippen LogP contribution in [0.2, 0.25) is 0 Å². The highest BCUT2D eigenvalue weighted by Crippen LogP contribution is 2.20. The summed E-state index contributed by atoms with van der Waals surface area (Å²) in [6, 6.07) is 5.32. The van der Waals surface area contributed by atoms with Gasteiger partial charge in [-0.1, -0.05) is 33.8 Å². The number of nitrogens with one attached hydrogen (secondary N) is 2. The minimum atomic E-state index is -0.626. The Bertz CT molecular complexity index is 1430. The molecule has 4 aromatic heterocycles. The van der Waals surface area contributed by atoms with Crippen LogP contribution >= 0.6 is 0 Å². The minimum absolute atomic E-state index is 0.00207. The molecule has 1 amide bonds. The van der Waals surface area contributed by atoms with Gasteiger partial charge in [-0.2, -0.15) is 0 Å². The second-order valence-electron chi connectivity index (χ2n) is 8.89. The number of H-pyrrole nitrogens is 1. The van der Waals surface area contributed by atoms with Crippen LogP contribution in [0.15, 0.2) is 52.7 Å². The van der Waals surface area contributed by atoms with E-state index < -0.39 is 17.2 Å². The fraction of sp³-hybridized carbons (Fsp3) is 0.333. The zero-order valence-electron chi connectivity index (χ0n) is 19.6. The molecule has 0 aliphatic heterocycles. The average Bonchev–Trinajstić information content (AvgIpc) is 3.34. The highest BCUT2D eigenvalue weighted by molar-refractivity contribution is 6.05. The lowest BCUT2D eigenvalue weighted by Crippen LogP contribution is -2.34. The van der Waals surface area contributed by atoms with Crippen molar-refractivity contribution in [3.05, 3.63) is 80.8 Å². The molecule has 0 unspecified atom stereocenters. The van der Waals surface area contributed by atoms with E-state index in [-0.39, 0.29) is 35.0 Å². The molecule has 0 spiro atoms. The number of amides is 1. The summed E-state index contributed by atoms with van der Waals surface area (Å²) in [6.07, 6.45) is 6.79. The van der Waals surface area contributed by atoms with Crippen LogP contribution in [0.3, 0.4) is 0 Å². The second kappa shape index (κ2) is 9.42. The van der Waals surface area contributed by atoms with Gasteiger partial charge in [0.05, 0.1) is 10.9 Å². The molecule has 0 aliphatic carbocycles. The van der Waals surface area contributed by atoms with Crippen molar-refractivity contribution in [1.82, 2.24) is 34.4 Å². The van der Waals surface area contributed by atoms with Gasteiger partial charge in [0.2, 0.25) is 0 Å². The van der Waals surface area contributed by atoms with Gasteiger partial charge in [-0.05, 0) is 29.5 Å². The minimum Gasteiger partial charge on any atom is -0.348 e. The molecule has 4 aromatic rings. The number of aromatic amines is 1. The van der Waals surface area contributed by atoms with Crippen molar-refractivity contribution in [3.8, 4) is 5.82 Å². The Labute approximate surface area is 195 Å². The van der Waals surface area contributed by atoms with E-state index in [1.54, 1.807) is 35.6 Å². The summed E-state index contributed by atoms with van der Waals surface area (Å²) >= 11 is 0. The highest BCUT2D eigenvalue weighted by Gasteiger charge is 2.21. The molecule has 4 rings (SSSR count). The van der Waals surface area contributed by atoms with E-state index in [0.29, 0.717) is 18.1 Å². The smallest absolute Gasteiger partial charge is 0.330 e. The van der Waals surface area contributed by atoms with E-state index in [9.17, 15) is 14.4 Å². The topological polar surface area (TPSA) is 128 Å². The van der Waals surface area contributed by atoms with Gasteiger partial charge in [-0.15, -0.1) is 0 Å². The molecule has 34 heavy (non-hydrogen) atoms. The van der Waals surface area contributed by atoms with Crippen molar-refractivity contribution in [2.45, 2.75) is 46.7 Å². The Morgan fingerprint density at radius 2 is 1.97 bits per heavy atom. The van der Waals surface area contributed by atoms with E-state index >= 15 is 0 Å². The van der Waals surface area contributed by atoms with Gasteiger partial charge in [0.1, 0.15) is 12.1 Å². The van der Waals surface area contributed by atoms with E-state index in [2.05, 4.69) is 25.3 Å². The third-order valence-electron chi connectivity index (χ3n) is 5.38. The number of hydrogen-bond acceptors (Lipinski definition) is 6. The van der Waals surface area contributed by atoms with Crippen LogP contribution in [0.5, 0.6) is 0 Å². The molecule has 0 bridgehead atoms. The fourth-order valence-corrected chi connectivity index (χ4v) is 3.65. The first-order chi connectivity index (χ1) is 16.2. The van der Waals surface area contributed by atoms with Crippen LogP contribution in [0.4, 0.5) is 0 Å². The maximum Gasteiger partial charge on any atom is 0.330 e. The number of hydrogen-bond donors (Lipinski definition) is 2. The van der Waals surface area contributed by atoms with Crippen LogP contribution in [0.25, 0.3) is 16.9 Å². The van der Waals surface area contributed by atoms with Gasteiger partial charge >= 0.3 is 5.69 Å².